The minimum Gasteiger partial charge on any atom is -0.326 e. The van der Waals surface area contributed by atoms with Crippen molar-refractivity contribution in [2.45, 2.75) is 64.0 Å². The molecule has 0 aromatic carbocycles. The number of hydrogen-bond acceptors (Lipinski definition) is 3. The molecule has 1 aromatic heterocycles. The largest absolute Gasteiger partial charge is 0.326 e. The van der Waals surface area contributed by atoms with Gasteiger partial charge in [-0.05, 0) is 75.0 Å². The van der Waals surface area contributed by atoms with E-state index in [1.807, 2.05) is 0 Å². The second kappa shape index (κ2) is 6.87. The highest BCUT2D eigenvalue weighted by Gasteiger charge is 2.32. The van der Waals surface area contributed by atoms with Gasteiger partial charge in [0.05, 0.1) is 0 Å². The summed E-state index contributed by atoms with van der Waals surface area (Å²) in [6.45, 7) is 7.10. The summed E-state index contributed by atoms with van der Waals surface area (Å²) in [5.74, 6) is 0. The Labute approximate surface area is 122 Å². The summed E-state index contributed by atoms with van der Waals surface area (Å²) in [4.78, 5) is 2.62. The first-order valence-electron chi connectivity index (χ1n) is 7.62. The van der Waals surface area contributed by atoms with Crippen LogP contribution in [-0.4, -0.2) is 29.6 Å². The molecular formula is C16H28N2S. The van der Waals surface area contributed by atoms with Crippen LogP contribution in [0.3, 0.4) is 0 Å². The average molecular weight is 280 g/mol. The normalized spacial score (nSPS) is 20.2. The quantitative estimate of drug-likeness (QED) is 0.892. The molecule has 0 amide bonds. The standard InChI is InChI=1S/C16H28N2S/c1-16(2,18-10-5-3-4-6-11-18)15(17)8-7-14-9-12-19-13-14/h9,12-13,15H,3-8,10-11,17H2,1-2H3. The molecule has 0 aliphatic carbocycles. The van der Waals surface area contributed by atoms with Gasteiger partial charge < -0.3 is 5.73 Å². The number of thiophene rings is 1. The molecule has 1 aliphatic heterocycles. The van der Waals surface area contributed by atoms with Crippen LogP contribution in [0.2, 0.25) is 0 Å². The molecule has 1 aliphatic rings. The summed E-state index contributed by atoms with van der Waals surface area (Å²) in [7, 11) is 0. The van der Waals surface area contributed by atoms with Crippen LogP contribution < -0.4 is 5.73 Å². The molecule has 19 heavy (non-hydrogen) atoms. The van der Waals surface area contributed by atoms with Crippen LogP contribution in [0.25, 0.3) is 0 Å². The van der Waals surface area contributed by atoms with Crippen LogP contribution >= 0.6 is 11.3 Å². The molecule has 0 saturated carbocycles. The zero-order chi connectivity index (χ0) is 13.7. The van der Waals surface area contributed by atoms with E-state index in [0.717, 1.165) is 12.8 Å². The maximum atomic E-state index is 6.51. The van der Waals surface area contributed by atoms with Gasteiger partial charge >= 0.3 is 0 Å². The first kappa shape index (κ1) is 15.0. The van der Waals surface area contributed by atoms with Crippen LogP contribution in [0.1, 0.15) is 51.5 Å². The molecule has 1 saturated heterocycles. The topological polar surface area (TPSA) is 29.3 Å². The smallest absolute Gasteiger partial charge is 0.0304 e. The summed E-state index contributed by atoms with van der Waals surface area (Å²) in [6.07, 6.45) is 7.64. The molecular weight excluding hydrogens is 252 g/mol. The van der Waals surface area contributed by atoms with Crippen LogP contribution in [0.15, 0.2) is 16.8 Å². The van der Waals surface area contributed by atoms with Gasteiger partial charge in [-0.2, -0.15) is 11.3 Å². The number of nitrogens with zero attached hydrogens (tertiary/aromatic N) is 1. The number of likely N-dealkylation sites (tertiary alicyclic amines) is 1. The fraction of sp³-hybridized carbons (Fsp3) is 0.750. The molecule has 1 aromatic rings. The zero-order valence-corrected chi connectivity index (χ0v) is 13.2. The molecule has 2 heterocycles. The molecule has 3 heteroatoms. The maximum Gasteiger partial charge on any atom is 0.0304 e. The van der Waals surface area contributed by atoms with E-state index in [2.05, 4.69) is 35.6 Å². The maximum absolute atomic E-state index is 6.51. The van der Waals surface area contributed by atoms with Gasteiger partial charge in [-0.1, -0.05) is 12.8 Å². The van der Waals surface area contributed by atoms with Crippen LogP contribution in [-0.2, 0) is 6.42 Å². The van der Waals surface area contributed by atoms with Crippen molar-refractivity contribution >= 4 is 11.3 Å². The molecule has 0 radical (unpaired) electrons. The fourth-order valence-electron chi connectivity index (χ4n) is 2.99. The highest BCUT2D eigenvalue weighted by atomic mass is 32.1. The third-order valence-corrected chi connectivity index (χ3v) is 5.38. The van der Waals surface area contributed by atoms with E-state index < -0.39 is 0 Å². The van der Waals surface area contributed by atoms with Crippen molar-refractivity contribution in [3.63, 3.8) is 0 Å². The van der Waals surface area contributed by atoms with Crippen molar-refractivity contribution in [3.05, 3.63) is 22.4 Å². The second-order valence-electron chi connectivity index (χ2n) is 6.33. The van der Waals surface area contributed by atoms with Crippen molar-refractivity contribution < 1.29 is 0 Å². The summed E-state index contributed by atoms with van der Waals surface area (Å²) >= 11 is 1.78. The Balaban J connectivity index is 1.89. The Morgan fingerprint density at radius 2 is 1.95 bits per heavy atom. The molecule has 0 bridgehead atoms. The lowest BCUT2D eigenvalue weighted by atomic mass is 9.88. The van der Waals surface area contributed by atoms with E-state index in [9.17, 15) is 0 Å². The van der Waals surface area contributed by atoms with E-state index in [0.29, 0.717) is 0 Å². The van der Waals surface area contributed by atoms with E-state index in [1.165, 1.54) is 44.3 Å². The number of aryl methyl sites for hydroxylation is 1. The fourth-order valence-corrected chi connectivity index (χ4v) is 3.69. The van der Waals surface area contributed by atoms with Gasteiger partial charge in [-0.3, -0.25) is 4.90 Å². The zero-order valence-electron chi connectivity index (χ0n) is 12.4. The van der Waals surface area contributed by atoms with Crippen molar-refractivity contribution in [2.75, 3.05) is 13.1 Å². The average Bonchev–Trinajstić information content (AvgIpc) is 2.75. The van der Waals surface area contributed by atoms with E-state index in [4.69, 9.17) is 5.73 Å². The van der Waals surface area contributed by atoms with Gasteiger partial charge in [0.1, 0.15) is 0 Å². The first-order chi connectivity index (χ1) is 9.10. The number of hydrogen-bond donors (Lipinski definition) is 1. The Morgan fingerprint density at radius 3 is 2.53 bits per heavy atom. The Kier molecular flexibility index (Phi) is 5.43. The van der Waals surface area contributed by atoms with Gasteiger partial charge in [0, 0.05) is 11.6 Å². The summed E-state index contributed by atoms with van der Waals surface area (Å²) in [5, 5.41) is 4.40. The van der Waals surface area contributed by atoms with Crippen LogP contribution in [0, 0.1) is 0 Å². The predicted molar refractivity (Wildman–Crippen MR) is 84.7 cm³/mol. The molecule has 2 rings (SSSR count). The van der Waals surface area contributed by atoms with Crippen LogP contribution in [0.4, 0.5) is 0 Å². The minimum atomic E-state index is 0.125. The second-order valence-corrected chi connectivity index (χ2v) is 7.11. The number of nitrogens with two attached hydrogens (primary N) is 1. The molecule has 1 unspecified atom stereocenters. The van der Waals surface area contributed by atoms with Gasteiger partial charge in [0.2, 0.25) is 0 Å². The molecule has 1 atom stereocenters. The Hall–Kier alpha value is -0.380. The molecule has 108 valence electrons. The highest BCUT2D eigenvalue weighted by molar-refractivity contribution is 7.07. The summed E-state index contributed by atoms with van der Waals surface area (Å²) in [5.41, 5.74) is 8.07. The number of rotatable bonds is 5. The lowest BCUT2D eigenvalue weighted by molar-refractivity contribution is 0.0949. The van der Waals surface area contributed by atoms with E-state index >= 15 is 0 Å². The predicted octanol–water partition coefficient (Wildman–Crippen LogP) is 3.66. The van der Waals surface area contributed by atoms with Gasteiger partial charge in [-0.25, -0.2) is 0 Å². The van der Waals surface area contributed by atoms with Crippen LogP contribution in [0.5, 0.6) is 0 Å². The Bertz CT molecular complexity index is 351. The lowest BCUT2D eigenvalue weighted by Gasteiger charge is -2.42. The molecule has 1 fully saturated rings. The minimum absolute atomic E-state index is 0.125. The van der Waals surface area contributed by atoms with Crippen molar-refractivity contribution in [1.82, 2.24) is 4.90 Å². The molecule has 2 nitrogen and oxygen atoms in total. The van der Waals surface area contributed by atoms with E-state index in [-0.39, 0.29) is 11.6 Å². The van der Waals surface area contributed by atoms with Gasteiger partial charge in [0.15, 0.2) is 0 Å². The highest BCUT2D eigenvalue weighted by Crippen LogP contribution is 2.25. The third-order valence-electron chi connectivity index (χ3n) is 4.65. The first-order valence-corrected chi connectivity index (χ1v) is 8.56. The molecule has 2 N–H and O–H groups in total. The van der Waals surface area contributed by atoms with Gasteiger partial charge in [0.25, 0.3) is 0 Å². The van der Waals surface area contributed by atoms with Crippen molar-refractivity contribution in [1.29, 1.82) is 0 Å². The Morgan fingerprint density at radius 1 is 1.26 bits per heavy atom. The monoisotopic (exact) mass is 280 g/mol. The third kappa shape index (κ3) is 4.04. The van der Waals surface area contributed by atoms with Crippen molar-refractivity contribution in [2.24, 2.45) is 5.73 Å². The van der Waals surface area contributed by atoms with Gasteiger partial charge in [-0.15, -0.1) is 0 Å². The van der Waals surface area contributed by atoms with E-state index in [1.54, 1.807) is 11.3 Å². The van der Waals surface area contributed by atoms with Crippen molar-refractivity contribution in [3.8, 4) is 0 Å². The summed E-state index contributed by atoms with van der Waals surface area (Å²) < 4.78 is 0. The SMILES string of the molecule is CC(C)(C(N)CCc1ccsc1)N1CCCCCC1. The lowest BCUT2D eigenvalue weighted by Crippen LogP contribution is -2.56. The molecule has 0 spiro atoms. The summed E-state index contributed by atoms with van der Waals surface area (Å²) in [6, 6.07) is 2.47.